The molecule has 1 atom stereocenters. The zero-order valence-corrected chi connectivity index (χ0v) is 12.5. The van der Waals surface area contributed by atoms with Crippen molar-refractivity contribution in [1.82, 2.24) is 19.5 Å². The van der Waals surface area contributed by atoms with E-state index in [1.54, 1.807) is 12.5 Å². The summed E-state index contributed by atoms with van der Waals surface area (Å²) in [5.74, 6) is 1.19. The minimum atomic E-state index is -0.0119. The van der Waals surface area contributed by atoms with Crippen LogP contribution in [0.5, 0.6) is 0 Å². The summed E-state index contributed by atoms with van der Waals surface area (Å²) in [6.45, 7) is 5.14. The van der Waals surface area contributed by atoms with Crippen molar-refractivity contribution in [3.63, 3.8) is 0 Å². The van der Waals surface area contributed by atoms with Crippen LogP contribution in [-0.2, 0) is 24.2 Å². The van der Waals surface area contributed by atoms with Crippen LogP contribution in [0.25, 0.3) is 0 Å². The first-order chi connectivity index (χ1) is 10.1. The number of nitrogens with one attached hydrogen (secondary N) is 2. The normalized spacial score (nSPS) is 17.8. The van der Waals surface area contributed by atoms with Crippen LogP contribution in [0.2, 0.25) is 0 Å². The Bertz CT molecular complexity index is 628. The van der Waals surface area contributed by atoms with Crippen molar-refractivity contribution in [2.75, 3.05) is 5.32 Å². The Kier molecular flexibility index (Phi) is 3.77. The van der Waals surface area contributed by atoms with Crippen molar-refractivity contribution in [2.45, 2.75) is 39.7 Å². The first-order valence-electron chi connectivity index (χ1n) is 7.46. The maximum absolute atomic E-state index is 12.4. The Morgan fingerprint density at radius 3 is 3.19 bits per heavy atom. The zero-order valence-electron chi connectivity index (χ0n) is 12.5. The van der Waals surface area contributed by atoms with Gasteiger partial charge >= 0.3 is 0 Å². The lowest BCUT2D eigenvalue weighted by atomic mass is 9.89. The maximum atomic E-state index is 12.4. The highest BCUT2D eigenvalue weighted by Crippen LogP contribution is 2.24. The largest absolute Gasteiger partial charge is 0.348 e. The van der Waals surface area contributed by atoms with Crippen LogP contribution in [0.1, 0.15) is 31.7 Å². The molecule has 1 aliphatic carbocycles. The number of anilines is 1. The smallest absolute Gasteiger partial charge is 0.230 e. The fourth-order valence-electron chi connectivity index (χ4n) is 2.81. The van der Waals surface area contributed by atoms with Gasteiger partial charge in [0, 0.05) is 37.0 Å². The van der Waals surface area contributed by atoms with Crippen LogP contribution in [0.3, 0.4) is 0 Å². The standard InChI is InChI=1S/C15H21N5O/c1-10(2)8-20-6-5-16-15(20)19-14(21)11-3-4-12-13(7-11)18-9-17-12/h5-6,9-11H,3-4,7-8H2,1-2H3,(H,17,18)(H,16,19,21). The van der Waals surface area contributed by atoms with Crippen LogP contribution in [-0.4, -0.2) is 25.4 Å². The molecule has 0 saturated heterocycles. The van der Waals surface area contributed by atoms with Gasteiger partial charge in [-0.3, -0.25) is 10.1 Å². The van der Waals surface area contributed by atoms with Crippen LogP contribution in [0.15, 0.2) is 18.7 Å². The number of aromatic amines is 1. The minimum Gasteiger partial charge on any atom is -0.348 e. The van der Waals surface area contributed by atoms with E-state index in [1.165, 1.54) is 0 Å². The Morgan fingerprint density at radius 2 is 2.38 bits per heavy atom. The van der Waals surface area contributed by atoms with E-state index in [2.05, 4.69) is 34.1 Å². The molecule has 6 nitrogen and oxygen atoms in total. The number of carbonyl (C=O) groups is 1. The molecule has 0 fully saturated rings. The summed E-state index contributed by atoms with van der Waals surface area (Å²) in [5, 5.41) is 2.97. The van der Waals surface area contributed by atoms with Gasteiger partial charge in [-0.25, -0.2) is 9.97 Å². The third-order valence-electron chi connectivity index (χ3n) is 3.87. The van der Waals surface area contributed by atoms with E-state index in [1.807, 2.05) is 10.8 Å². The molecule has 2 aromatic heterocycles. The number of amides is 1. The molecule has 1 unspecified atom stereocenters. The number of hydrogen-bond donors (Lipinski definition) is 2. The molecule has 0 bridgehead atoms. The van der Waals surface area contributed by atoms with Gasteiger partial charge in [0.1, 0.15) is 0 Å². The first-order valence-corrected chi connectivity index (χ1v) is 7.46. The summed E-state index contributed by atoms with van der Waals surface area (Å²) < 4.78 is 1.99. The van der Waals surface area contributed by atoms with Crippen LogP contribution in [0, 0.1) is 11.8 Å². The second-order valence-corrected chi connectivity index (χ2v) is 6.05. The topological polar surface area (TPSA) is 75.6 Å². The van der Waals surface area contributed by atoms with Gasteiger partial charge in [-0.15, -0.1) is 0 Å². The van der Waals surface area contributed by atoms with Crippen LogP contribution >= 0.6 is 0 Å². The molecule has 2 heterocycles. The van der Waals surface area contributed by atoms with Gasteiger partial charge in [0.05, 0.1) is 12.0 Å². The molecule has 3 rings (SSSR count). The van der Waals surface area contributed by atoms with Gasteiger partial charge in [-0.2, -0.15) is 0 Å². The summed E-state index contributed by atoms with van der Waals surface area (Å²) in [6.07, 6.45) is 7.77. The fourth-order valence-corrected chi connectivity index (χ4v) is 2.81. The molecule has 112 valence electrons. The molecule has 2 N–H and O–H groups in total. The Morgan fingerprint density at radius 1 is 1.52 bits per heavy atom. The van der Waals surface area contributed by atoms with Gasteiger partial charge in [0.2, 0.25) is 11.9 Å². The summed E-state index contributed by atoms with van der Waals surface area (Å²) in [5.41, 5.74) is 2.19. The number of aryl methyl sites for hydroxylation is 1. The Hall–Kier alpha value is -2.11. The van der Waals surface area contributed by atoms with Gasteiger partial charge in [0.25, 0.3) is 0 Å². The molecule has 6 heteroatoms. The molecule has 0 saturated carbocycles. The molecule has 0 aromatic carbocycles. The van der Waals surface area contributed by atoms with E-state index < -0.39 is 0 Å². The lowest BCUT2D eigenvalue weighted by Crippen LogP contribution is -2.29. The first kappa shape index (κ1) is 13.9. The molecular weight excluding hydrogens is 266 g/mol. The number of hydrogen-bond acceptors (Lipinski definition) is 3. The second kappa shape index (κ2) is 5.71. The average molecular weight is 287 g/mol. The van der Waals surface area contributed by atoms with Crippen molar-refractivity contribution < 1.29 is 4.79 Å². The van der Waals surface area contributed by atoms with Crippen LogP contribution < -0.4 is 5.32 Å². The monoisotopic (exact) mass is 287 g/mol. The Balaban J connectivity index is 1.66. The van der Waals surface area contributed by atoms with Crippen molar-refractivity contribution in [2.24, 2.45) is 11.8 Å². The van der Waals surface area contributed by atoms with E-state index in [0.717, 1.165) is 37.2 Å². The highest BCUT2D eigenvalue weighted by Gasteiger charge is 2.26. The molecular formula is C15H21N5O. The van der Waals surface area contributed by atoms with E-state index in [-0.39, 0.29) is 11.8 Å². The highest BCUT2D eigenvalue weighted by molar-refractivity contribution is 5.91. The molecule has 0 aliphatic heterocycles. The summed E-state index contributed by atoms with van der Waals surface area (Å²) >= 11 is 0. The number of imidazole rings is 2. The number of fused-ring (bicyclic) bond motifs is 1. The quantitative estimate of drug-likeness (QED) is 0.903. The fraction of sp³-hybridized carbons (Fsp3) is 0.533. The van der Waals surface area contributed by atoms with Gasteiger partial charge < -0.3 is 9.55 Å². The van der Waals surface area contributed by atoms with Crippen molar-refractivity contribution >= 4 is 11.9 Å². The lowest BCUT2D eigenvalue weighted by molar-refractivity contribution is -0.120. The lowest BCUT2D eigenvalue weighted by Gasteiger charge is -2.20. The minimum absolute atomic E-state index is 0.0119. The second-order valence-electron chi connectivity index (χ2n) is 6.05. The van der Waals surface area contributed by atoms with Gasteiger partial charge in [-0.05, 0) is 18.8 Å². The third-order valence-corrected chi connectivity index (χ3v) is 3.87. The summed E-state index contributed by atoms with van der Waals surface area (Å²) in [4.78, 5) is 24.1. The van der Waals surface area contributed by atoms with E-state index in [9.17, 15) is 4.79 Å². The number of H-pyrrole nitrogens is 1. The molecule has 0 radical (unpaired) electrons. The highest BCUT2D eigenvalue weighted by atomic mass is 16.2. The Labute approximate surface area is 124 Å². The average Bonchev–Trinajstić information content (AvgIpc) is 3.06. The molecule has 0 spiro atoms. The molecule has 1 amide bonds. The maximum Gasteiger partial charge on any atom is 0.230 e. The molecule has 1 aliphatic rings. The van der Waals surface area contributed by atoms with Crippen molar-refractivity contribution in [1.29, 1.82) is 0 Å². The number of nitrogens with zero attached hydrogens (tertiary/aromatic N) is 3. The SMILES string of the molecule is CC(C)Cn1ccnc1NC(=O)C1CCc2nc[nH]c2C1. The van der Waals surface area contributed by atoms with Gasteiger partial charge in [0.15, 0.2) is 0 Å². The van der Waals surface area contributed by atoms with E-state index in [4.69, 9.17) is 0 Å². The van der Waals surface area contributed by atoms with Crippen molar-refractivity contribution in [3.8, 4) is 0 Å². The number of carbonyl (C=O) groups excluding carboxylic acids is 1. The van der Waals surface area contributed by atoms with Crippen molar-refractivity contribution in [3.05, 3.63) is 30.1 Å². The third kappa shape index (κ3) is 2.99. The van der Waals surface area contributed by atoms with E-state index in [0.29, 0.717) is 11.9 Å². The molecule has 21 heavy (non-hydrogen) atoms. The van der Waals surface area contributed by atoms with E-state index >= 15 is 0 Å². The summed E-state index contributed by atoms with van der Waals surface area (Å²) in [6, 6.07) is 0. The number of aromatic nitrogens is 4. The summed E-state index contributed by atoms with van der Waals surface area (Å²) in [7, 11) is 0. The van der Waals surface area contributed by atoms with Gasteiger partial charge in [-0.1, -0.05) is 13.8 Å². The van der Waals surface area contributed by atoms with Crippen LogP contribution in [0.4, 0.5) is 5.95 Å². The zero-order chi connectivity index (χ0) is 14.8. The molecule has 2 aromatic rings. The predicted octanol–water partition coefficient (Wildman–Crippen LogP) is 2.01. The number of rotatable bonds is 4. The predicted molar refractivity (Wildman–Crippen MR) is 79.8 cm³/mol.